The van der Waals surface area contributed by atoms with Gasteiger partial charge in [0.05, 0.1) is 12.3 Å². The third-order valence-electron chi connectivity index (χ3n) is 3.02. The van der Waals surface area contributed by atoms with Gasteiger partial charge in [-0.1, -0.05) is 6.07 Å². The highest BCUT2D eigenvalue weighted by Gasteiger charge is 2.13. The summed E-state index contributed by atoms with van der Waals surface area (Å²) in [6.45, 7) is 3.15. The van der Waals surface area contributed by atoms with Crippen LogP contribution in [0.15, 0.2) is 41.0 Å². The highest BCUT2D eigenvalue weighted by atomic mass is 16.7. The molecular formula is C14H15NO3. The predicted molar refractivity (Wildman–Crippen MR) is 66.5 cm³/mol. The van der Waals surface area contributed by atoms with Crippen LogP contribution in [0.1, 0.15) is 24.3 Å². The minimum atomic E-state index is 0.186. The van der Waals surface area contributed by atoms with Gasteiger partial charge in [0.1, 0.15) is 5.76 Å². The summed E-state index contributed by atoms with van der Waals surface area (Å²) in [4.78, 5) is 0. The van der Waals surface area contributed by atoms with Crippen LogP contribution in [0, 0.1) is 0 Å². The fraction of sp³-hybridized carbons (Fsp3) is 0.286. The van der Waals surface area contributed by atoms with E-state index < -0.39 is 0 Å². The van der Waals surface area contributed by atoms with Gasteiger partial charge in [-0.3, -0.25) is 0 Å². The molecule has 4 heteroatoms. The summed E-state index contributed by atoms with van der Waals surface area (Å²) in [5.74, 6) is 2.58. The van der Waals surface area contributed by atoms with Crippen molar-refractivity contribution in [2.75, 3.05) is 6.79 Å². The zero-order chi connectivity index (χ0) is 12.4. The van der Waals surface area contributed by atoms with Gasteiger partial charge in [0.15, 0.2) is 11.5 Å². The molecule has 0 unspecified atom stereocenters. The molecule has 2 heterocycles. The summed E-state index contributed by atoms with van der Waals surface area (Å²) >= 11 is 0. The van der Waals surface area contributed by atoms with Crippen LogP contribution in [-0.4, -0.2) is 6.79 Å². The SMILES string of the molecule is C[C@H](NCc1ccc2c(c1)OCO2)c1ccco1. The number of furan rings is 1. The molecule has 0 bridgehead atoms. The third kappa shape index (κ3) is 2.19. The molecule has 0 aliphatic carbocycles. The first-order valence-corrected chi connectivity index (χ1v) is 5.98. The van der Waals surface area contributed by atoms with Crippen molar-refractivity contribution in [1.29, 1.82) is 0 Å². The number of fused-ring (bicyclic) bond motifs is 1. The first-order chi connectivity index (χ1) is 8.83. The molecule has 18 heavy (non-hydrogen) atoms. The summed E-state index contributed by atoms with van der Waals surface area (Å²) in [5.41, 5.74) is 1.16. The highest BCUT2D eigenvalue weighted by molar-refractivity contribution is 5.44. The Hall–Kier alpha value is -1.94. The molecule has 1 aliphatic rings. The Morgan fingerprint density at radius 3 is 2.94 bits per heavy atom. The van der Waals surface area contributed by atoms with Crippen LogP contribution in [0.25, 0.3) is 0 Å². The maximum absolute atomic E-state index is 5.35. The van der Waals surface area contributed by atoms with Gasteiger partial charge in [-0.25, -0.2) is 0 Å². The van der Waals surface area contributed by atoms with Crippen molar-refractivity contribution in [3.8, 4) is 11.5 Å². The topological polar surface area (TPSA) is 43.6 Å². The molecule has 1 aliphatic heterocycles. The maximum atomic E-state index is 5.35. The van der Waals surface area contributed by atoms with Gasteiger partial charge in [-0.2, -0.15) is 0 Å². The number of hydrogen-bond donors (Lipinski definition) is 1. The number of ether oxygens (including phenoxy) is 2. The predicted octanol–water partition coefficient (Wildman–Crippen LogP) is 2.86. The molecule has 94 valence electrons. The molecule has 1 atom stereocenters. The van der Waals surface area contributed by atoms with Gasteiger partial charge in [0.2, 0.25) is 6.79 Å². The van der Waals surface area contributed by atoms with E-state index in [0.29, 0.717) is 6.79 Å². The molecule has 0 spiro atoms. The van der Waals surface area contributed by atoms with E-state index in [1.165, 1.54) is 0 Å². The number of benzene rings is 1. The largest absolute Gasteiger partial charge is 0.468 e. The Bertz CT molecular complexity index is 522. The second kappa shape index (κ2) is 4.74. The first-order valence-electron chi connectivity index (χ1n) is 5.98. The van der Waals surface area contributed by atoms with E-state index in [4.69, 9.17) is 13.9 Å². The average molecular weight is 245 g/mol. The Kier molecular flexibility index (Phi) is 2.94. The second-order valence-electron chi connectivity index (χ2n) is 4.31. The van der Waals surface area contributed by atoms with E-state index in [-0.39, 0.29) is 6.04 Å². The van der Waals surface area contributed by atoms with Crippen molar-refractivity contribution in [3.05, 3.63) is 47.9 Å². The third-order valence-corrected chi connectivity index (χ3v) is 3.02. The minimum absolute atomic E-state index is 0.186. The maximum Gasteiger partial charge on any atom is 0.231 e. The van der Waals surface area contributed by atoms with Crippen molar-refractivity contribution >= 4 is 0 Å². The van der Waals surface area contributed by atoms with Gasteiger partial charge >= 0.3 is 0 Å². The molecule has 0 fully saturated rings. The van der Waals surface area contributed by atoms with E-state index >= 15 is 0 Å². The van der Waals surface area contributed by atoms with Crippen LogP contribution < -0.4 is 14.8 Å². The second-order valence-corrected chi connectivity index (χ2v) is 4.31. The van der Waals surface area contributed by atoms with Crippen LogP contribution in [0.3, 0.4) is 0 Å². The van der Waals surface area contributed by atoms with Crippen LogP contribution in [0.2, 0.25) is 0 Å². The Balaban J connectivity index is 1.63. The summed E-state index contributed by atoms with van der Waals surface area (Å²) < 4.78 is 16.0. The van der Waals surface area contributed by atoms with E-state index in [0.717, 1.165) is 29.4 Å². The van der Waals surface area contributed by atoms with Crippen LogP contribution >= 0.6 is 0 Å². The molecule has 0 saturated heterocycles. The highest BCUT2D eigenvalue weighted by Crippen LogP contribution is 2.32. The molecule has 3 rings (SSSR count). The van der Waals surface area contributed by atoms with Crippen LogP contribution in [-0.2, 0) is 6.54 Å². The zero-order valence-electron chi connectivity index (χ0n) is 10.2. The molecular weight excluding hydrogens is 230 g/mol. The lowest BCUT2D eigenvalue weighted by Crippen LogP contribution is -2.17. The fourth-order valence-electron chi connectivity index (χ4n) is 1.96. The lowest BCUT2D eigenvalue weighted by molar-refractivity contribution is 0.174. The van der Waals surface area contributed by atoms with Gasteiger partial charge in [-0.15, -0.1) is 0 Å². The first kappa shape index (κ1) is 11.2. The van der Waals surface area contributed by atoms with Crippen molar-refractivity contribution in [1.82, 2.24) is 5.32 Å². The average Bonchev–Trinajstić information content (AvgIpc) is 3.05. The number of hydrogen-bond acceptors (Lipinski definition) is 4. The summed E-state index contributed by atoms with van der Waals surface area (Å²) in [6, 6.07) is 10.0. The Labute approximate surface area is 106 Å². The molecule has 0 radical (unpaired) electrons. The molecule has 1 aromatic carbocycles. The lowest BCUT2D eigenvalue weighted by atomic mass is 10.2. The summed E-state index contributed by atoms with van der Waals surface area (Å²) in [6.07, 6.45) is 1.69. The minimum Gasteiger partial charge on any atom is -0.468 e. The Morgan fingerprint density at radius 1 is 1.22 bits per heavy atom. The van der Waals surface area contributed by atoms with E-state index in [9.17, 15) is 0 Å². The van der Waals surface area contributed by atoms with Crippen molar-refractivity contribution < 1.29 is 13.9 Å². The molecule has 0 amide bonds. The van der Waals surface area contributed by atoms with E-state index in [2.05, 4.69) is 12.2 Å². The fourth-order valence-corrected chi connectivity index (χ4v) is 1.96. The van der Waals surface area contributed by atoms with Crippen molar-refractivity contribution in [2.24, 2.45) is 0 Å². The van der Waals surface area contributed by atoms with Gasteiger partial charge in [0.25, 0.3) is 0 Å². The van der Waals surface area contributed by atoms with Crippen LogP contribution in [0.4, 0.5) is 0 Å². The van der Waals surface area contributed by atoms with Crippen LogP contribution in [0.5, 0.6) is 11.5 Å². The summed E-state index contributed by atoms with van der Waals surface area (Å²) in [5, 5.41) is 3.40. The molecule has 1 aromatic heterocycles. The lowest BCUT2D eigenvalue weighted by Gasteiger charge is -2.11. The molecule has 2 aromatic rings. The summed E-state index contributed by atoms with van der Waals surface area (Å²) in [7, 11) is 0. The van der Waals surface area contributed by atoms with Gasteiger partial charge in [-0.05, 0) is 36.8 Å². The standard InChI is InChI=1S/C14H15NO3/c1-10(12-3-2-6-16-12)15-8-11-4-5-13-14(7-11)18-9-17-13/h2-7,10,15H,8-9H2,1H3/t10-/m0/s1. The van der Waals surface area contributed by atoms with Gasteiger partial charge < -0.3 is 19.2 Å². The smallest absolute Gasteiger partial charge is 0.231 e. The van der Waals surface area contributed by atoms with E-state index in [1.807, 2.05) is 30.3 Å². The zero-order valence-corrected chi connectivity index (χ0v) is 10.2. The van der Waals surface area contributed by atoms with Gasteiger partial charge in [0, 0.05) is 6.54 Å². The molecule has 4 nitrogen and oxygen atoms in total. The van der Waals surface area contributed by atoms with E-state index in [1.54, 1.807) is 6.26 Å². The number of rotatable bonds is 4. The number of nitrogens with one attached hydrogen (secondary N) is 1. The quantitative estimate of drug-likeness (QED) is 0.899. The monoisotopic (exact) mass is 245 g/mol. The molecule has 1 N–H and O–H groups in total. The van der Waals surface area contributed by atoms with Crippen molar-refractivity contribution in [3.63, 3.8) is 0 Å². The van der Waals surface area contributed by atoms with Crippen molar-refractivity contribution in [2.45, 2.75) is 19.5 Å². The Morgan fingerprint density at radius 2 is 2.11 bits per heavy atom. The molecule has 0 saturated carbocycles. The normalized spacial score (nSPS) is 14.7.